The average Bonchev–Trinajstić information content (AvgIpc) is 2.34. The predicted octanol–water partition coefficient (Wildman–Crippen LogP) is 3.16. The summed E-state index contributed by atoms with van der Waals surface area (Å²) in [6, 6.07) is 4.41. The van der Waals surface area contributed by atoms with Gasteiger partial charge < -0.3 is 0 Å². The zero-order chi connectivity index (χ0) is 13.3. The molecule has 0 aliphatic carbocycles. The zero-order valence-electron chi connectivity index (χ0n) is 9.45. The third kappa shape index (κ3) is 2.47. The van der Waals surface area contributed by atoms with E-state index in [0.717, 1.165) is 0 Å². The molecule has 0 saturated heterocycles. The monoisotopic (exact) mass is 330 g/mol. The first-order chi connectivity index (χ1) is 8.50. The molecule has 0 atom stereocenters. The number of benzene rings is 1. The van der Waals surface area contributed by atoms with Gasteiger partial charge >= 0.3 is 0 Å². The average molecular weight is 332 g/mol. The lowest BCUT2D eigenvalue weighted by atomic mass is 10.2. The second-order valence-corrected chi connectivity index (χ2v) is 4.98. The van der Waals surface area contributed by atoms with Gasteiger partial charge in [0.15, 0.2) is 0 Å². The van der Waals surface area contributed by atoms with E-state index in [4.69, 9.17) is 11.6 Å². The minimum Gasteiger partial charge on any atom is -0.294 e. The minimum atomic E-state index is -0.439. The summed E-state index contributed by atoms with van der Waals surface area (Å²) in [6.07, 6.45) is 1.38. The Hall–Kier alpha value is -1.20. The maximum Gasteiger partial charge on any atom is 0.268 e. The molecular formula is C12H9BrClFN2O. The van der Waals surface area contributed by atoms with E-state index in [1.165, 1.54) is 23.0 Å². The molecule has 6 heteroatoms. The van der Waals surface area contributed by atoms with Crippen LogP contribution in [0, 0.1) is 12.7 Å². The van der Waals surface area contributed by atoms with Crippen molar-refractivity contribution >= 4 is 27.5 Å². The van der Waals surface area contributed by atoms with Gasteiger partial charge in [0.05, 0.1) is 18.6 Å². The van der Waals surface area contributed by atoms with Crippen LogP contribution in [0.4, 0.5) is 4.39 Å². The Labute approximate surface area is 116 Å². The van der Waals surface area contributed by atoms with Crippen LogP contribution in [0.25, 0.3) is 0 Å². The standard InChI is InChI=1S/C12H9BrClFN2O/c1-7-11(13)12(18)17(6-16-7)5-8-9(14)3-2-4-10(8)15/h2-4,6H,5H2,1H3. The summed E-state index contributed by atoms with van der Waals surface area (Å²) in [5.74, 6) is -0.439. The second kappa shape index (κ2) is 5.20. The molecule has 2 rings (SSSR count). The number of aromatic nitrogens is 2. The van der Waals surface area contributed by atoms with Crippen LogP contribution in [-0.2, 0) is 6.54 Å². The molecule has 0 aliphatic heterocycles. The SMILES string of the molecule is Cc1ncn(Cc2c(F)cccc2Cl)c(=O)c1Br. The fourth-order valence-electron chi connectivity index (χ4n) is 1.51. The highest BCUT2D eigenvalue weighted by Crippen LogP contribution is 2.19. The summed E-state index contributed by atoms with van der Waals surface area (Å²) < 4.78 is 15.3. The topological polar surface area (TPSA) is 34.9 Å². The van der Waals surface area contributed by atoms with E-state index in [9.17, 15) is 9.18 Å². The van der Waals surface area contributed by atoms with Gasteiger partial charge in [0, 0.05) is 10.6 Å². The molecule has 0 bridgehead atoms. The van der Waals surface area contributed by atoms with Crippen molar-refractivity contribution in [2.45, 2.75) is 13.5 Å². The van der Waals surface area contributed by atoms with Crippen molar-refractivity contribution in [3.05, 3.63) is 61.5 Å². The van der Waals surface area contributed by atoms with Crippen molar-refractivity contribution < 1.29 is 4.39 Å². The van der Waals surface area contributed by atoms with Crippen molar-refractivity contribution in [2.75, 3.05) is 0 Å². The Morgan fingerprint density at radius 3 is 2.89 bits per heavy atom. The fourth-order valence-corrected chi connectivity index (χ4v) is 2.07. The summed E-state index contributed by atoms with van der Waals surface area (Å²) in [6.45, 7) is 1.77. The lowest BCUT2D eigenvalue weighted by molar-refractivity contribution is 0.593. The summed E-state index contributed by atoms with van der Waals surface area (Å²) >= 11 is 9.07. The third-order valence-electron chi connectivity index (χ3n) is 2.55. The van der Waals surface area contributed by atoms with Crippen LogP contribution >= 0.6 is 27.5 Å². The van der Waals surface area contributed by atoms with E-state index in [0.29, 0.717) is 15.2 Å². The highest BCUT2D eigenvalue weighted by Gasteiger charge is 2.11. The highest BCUT2D eigenvalue weighted by molar-refractivity contribution is 9.10. The van der Waals surface area contributed by atoms with E-state index < -0.39 is 5.82 Å². The van der Waals surface area contributed by atoms with E-state index in [1.807, 2.05) is 0 Å². The molecule has 1 aromatic heterocycles. The van der Waals surface area contributed by atoms with E-state index in [-0.39, 0.29) is 17.7 Å². The van der Waals surface area contributed by atoms with E-state index in [1.54, 1.807) is 13.0 Å². The normalized spacial score (nSPS) is 10.7. The molecule has 0 aliphatic rings. The predicted molar refractivity (Wildman–Crippen MR) is 71.4 cm³/mol. The molecule has 0 saturated carbocycles. The molecule has 0 amide bonds. The van der Waals surface area contributed by atoms with Crippen LogP contribution in [0.1, 0.15) is 11.3 Å². The first-order valence-corrected chi connectivity index (χ1v) is 6.32. The number of rotatable bonds is 2. The van der Waals surface area contributed by atoms with Crippen LogP contribution in [-0.4, -0.2) is 9.55 Å². The lowest BCUT2D eigenvalue weighted by Crippen LogP contribution is -2.23. The van der Waals surface area contributed by atoms with Crippen LogP contribution in [0.2, 0.25) is 5.02 Å². The Bertz CT molecular complexity index is 637. The fraction of sp³-hybridized carbons (Fsp3) is 0.167. The molecule has 0 N–H and O–H groups in total. The Morgan fingerprint density at radius 1 is 1.50 bits per heavy atom. The van der Waals surface area contributed by atoms with Gasteiger partial charge in [-0.15, -0.1) is 0 Å². The summed E-state index contributed by atoms with van der Waals surface area (Å²) in [7, 11) is 0. The molecule has 0 radical (unpaired) electrons. The van der Waals surface area contributed by atoms with Crippen molar-refractivity contribution in [1.29, 1.82) is 0 Å². The first-order valence-electron chi connectivity index (χ1n) is 5.15. The van der Waals surface area contributed by atoms with E-state index >= 15 is 0 Å². The van der Waals surface area contributed by atoms with Gasteiger partial charge in [-0.25, -0.2) is 9.37 Å². The Morgan fingerprint density at radius 2 is 2.22 bits per heavy atom. The van der Waals surface area contributed by atoms with Crippen molar-refractivity contribution in [2.24, 2.45) is 0 Å². The van der Waals surface area contributed by atoms with Gasteiger partial charge in [0.25, 0.3) is 5.56 Å². The van der Waals surface area contributed by atoms with Gasteiger partial charge in [-0.05, 0) is 35.0 Å². The number of halogens is 3. The molecular weight excluding hydrogens is 322 g/mol. The van der Waals surface area contributed by atoms with Gasteiger partial charge in [0.2, 0.25) is 0 Å². The molecule has 94 valence electrons. The summed E-state index contributed by atoms with van der Waals surface area (Å²) in [5.41, 5.74) is 0.608. The molecule has 0 unspecified atom stereocenters. The number of hydrogen-bond donors (Lipinski definition) is 0. The summed E-state index contributed by atoms with van der Waals surface area (Å²) in [5, 5.41) is 0.290. The number of aryl methyl sites for hydroxylation is 1. The largest absolute Gasteiger partial charge is 0.294 e. The highest BCUT2D eigenvalue weighted by atomic mass is 79.9. The Kier molecular flexibility index (Phi) is 3.82. The lowest BCUT2D eigenvalue weighted by Gasteiger charge is -2.09. The van der Waals surface area contributed by atoms with Crippen LogP contribution in [0.3, 0.4) is 0 Å². The number of hydrogen-bond acceptors (Lipinski definition) is 2. The van der Waals surface area contributed by atoms with Crippen LogP contribution < -0.4 is 5.56 Å². The van der Waals surface area contributed by atoms with Crippen molar-refractivity contribution in [3.63, 3.8) is 0 Å². The maximum absolute atomic E-state index is 13.6. The minimum absolute atomic E-state index is 0.0518. The van der Waals surface area contributed by atoms with E-state index in [2.05, 4.69) is 20.9 Å². The van der Waals surface area contributed by atoms with Gasteiger partial charge in [-0.2, -0.15) is 0 Å². The smallest absolute Gasteiger partial charge is 0.268 e. The van der Waals surface area contributed by atoms with Gasteiger partial charge in [0.1, 0.15) is 10.3 Å². The molecule has 0 spiro atoms. The Balaban J connectivity index is 2.47. The maximum atomic E-state index is 13.6. The van der Waals surface area contributed by atoms with Gasteiger partial charge in [-0.1, -0.05) is 17.7 Å². The first kappa shape index (κ1) is 13.2. The van der Waals surface area contributed by atoms with Crippen molar-refractivity contribution in [1.82, 2.24) is 9.55 Å². The summed E-state index contributed by atoms with van der Waals surface area (Å²) in [4.78, 5) is 16.0. The molecule has 2 aromatic rings. The zero-order valence-corrected chi connectivity index (χ0v) is 11.8. The molecule has 1 heterocycles. The second-order valence-electron chi connectivity index (χ2n) is 3.78. The molecule has 0 fully saturated rings. The van der Waals surface area contributed by atoms with Crippen molar-refractivity contribution in [3.8, 4) is 0 Å². The quantitative estimate of drug-likeness (QED) is 0.847. The van der Waals surface area contributed by atoms with Gasteiger partial charge in [-0.3, -0.25) is 9.36 Å². The van der Waals surface area contributed by atoms with Crippen LogP contribution in [0.15, 0.2) is 33.8 Å². The van der Waals surface area contributed by atoms with Crippen LogP contribution in [0.5, 0.6) is 0 Å². The number of nitrogens with zero attached hydrogens (tertiary/aromatic N) is 2. The third-order valence-corrected chi connectivity index (χ3v) is 3.81. The molecule has 18 heavy (non-hydrogen) atoms. The molecule has 1 aromatic carbocycles. The molecule has 3 nitrogen and oxygen atoms in total.